The molecule has 0 amide bonds. The Morgan fingerprint density at radius 1 is 1.38 bits per heavy atom. The third-order valence-corrected chi connectivity index (χ3v) is 2.11. The Hall–Kier alpha value is -2.51. The van der Waals surface area contributed by atoms with Crippen LogP contribution in [0.3, 0.4) is 0 Å². The van der Waals surface area contributed by atoms with Crippen LogP contribution in [0.4, 0.5) is 0 Å². The summed E-state index contributed by atoms with van der Waals surface area (Å²) in [5.74, 6) is -1.26. The Balaban J connectivity index is 2.70. The summed E-state index contributed by atoms with van der Waals surface area (Å²) < 4.78 is 0.883. The van der Waals surface area contributed by atoms with E-state index in [1.807, 2.05) is 0 Å². The van der Waals surface area contributed by atoms with Crippen LogP contribution in [0.5, 0.6) is 0 Å². The zero-order valence-corrected chi connectivity index (χ0v) is 8.20. The van der Waals surface area contributed by atoms with Gasteiger partial charge in [-0.15, -0.1) is 0 Å². The van der Waals surface area contributed by atoms with Gasteiger partial charge in [0.15, 0.2) is 5.69 Å². The van der Waals surface area contributed by atoms with E-state index >= 15 is 0 Å². The summed E-state index contributed by atoms with van der Waals surface area (Å²) in [6, 6.07) is 0.911. The van der Waals surface area contributed by atoms with Gasteiger partial charge in [0.1, 0.15) is 5.69 Å². The van der Waals surface area contributed by atoms with Crippen molar-refractivity contribution >= 4 is 5.97 Å². The van der Waals surface area contributed by atoms with Gasteiger partial charge in [-0.25, -0.2) is 9.48 Å². The predicted octanol–water partition coefficient (Wildman–Crippen LogP) is -0.811. The molecule has 0 radical (unpaired) electrons. The van der Waals surface area contributed by atoms with Gasteiger partial charge in [0.2, 0.25) is 0 Å². The van der Waals surface area contributed by atoms with Crippen LogP contribution < -0.4 is 11.1 Å². The molecule has 2 aromatic heterocycles. The number of aromatic nitrogens is 4. The van der Waals surface area contributed by atoms with Crippen molar-refractivity contribution in [3.05, 3.63) is 38.2 Å². The minimum Gasteiger partial charge on any atom is -0.477 e. The van der Waals surface area contributed by atoms with Gasteiger partial charge in [-0.05, 0) is 6.92 Å². The van der Waals surface area contributed by atoms with Crippen molar-refractivity contribution in [2.24, 2.45) is 0 Å². The molecular formula is C8H8N4O4. The van der Waals surface area contributed by atoms with E-state index in [2.05, 4.69) is 15.3 Å². The van der Waals surface area contributed by atoms with Crippen LogP contribution >= 0.6 is 0 Å². The molecule has 8 nitrogen and oxygen atoms in total. The third kappa shape index (κ3) is 1.36. The van der Waals surface area contributed by atoms with E-state index in [1.54, 1.807) is 6.92 Å². The van der Waals surface area contributed by atoms with E-state index in [0.29, 0.717) is 5.69 Å². The molecule has 4 N–H and O–H groups in total. The van der Waals surface area contributed by atoms with E-state index < -0.39 is 17.1 Å². The first-order valence-corrected chi connectivity index (χ1v) is 4.33. The lowest BCUT2D eigenvalue weighted by Crippen LogP contribution is -2.20. The second-order valence-electron chi connectivity index (χ2n) is 3.20. The number of hydrogen-bond donors (Lipinski definition) is 4. The van der Waals surface area contributed by atoms with Crippen molar-refractivity contribution in [3.63, 3.8) is 0 Å². The number of aromatic carboxylic acids is 1. The van der Waals surface area contributed by atoms with Crippen molar-refractivity contribution < 1.29 is 9.90 Å². The van der Waals surface area contributed by atoms with Gasteiger partial charge >= 0.3 is 5.97 Å². The largest absolute Gasteiger partial charge is 0.477 e. The molecule has 0 spiro atoms. The Bertz CT molecular complexity index is 656. The molecular weight excluding hydrogens is 216 g/mol. The van der Waals surface area contributed by atoms with Crippen molar-refractivity contribution in [1.29, 1.82) is 0 Å². The van der Waals surface area contributed by atoms with Crippen molar-refractivity contribution in [2.45, 2.75) is 6.92 Å². The van der Waals surface area contributed by atoms with Crippen molar-refractivity contribution in [3.8, 4) is 5.69 Å². The molecule has 0 aliphatic carbocycles. The quantitative estimate of drug-likeness (QED) is 0.532. The van der Waals surface area contributed by atoms with Gasteiger partial charge in [0.25, 0.3) is 11.1 Å². The fourth-order valence-electron chi connectivity index (χ4n) is 1.38. The molecule has 0 saturated heterocycles. The smallest absolute Gasteiger partial charge is 0.353 e. The molecule has 0 aromatic carbocycles. The van der Waals surface area contributed by atoms with Gasteiger partial charge in [0.05, 0.1) is 5.69 Å². The predicted molar refractivity (Wildman–Crippen MR) is 53.1 cm³/mol. The first kappa shape index (κ1) is 10.0. The van der Waals surface area contributed by atoms with E-state index in [0.717, 1.165) is 10.7 Å². The van der Waals surface area contributed by atoms with Crippen LogP contribution in [0.2, 0.25) is 0 Å². The molecule has 0 unspecified atom stereocenters. The van der Waals surface area contributed by atoms with E-state index in [9.17, 15) is 14.4 Å². The molecule has 84 valence electrons. The second kappa shape index (κ2) is 3.26. The molecule has 0 bridgehead atoms. The minimum atomic E-state index is -1.26. The van der Waals surface area contributed by atoms with Gasteiger partial charge < -0.3 is 10.2 Å². The van der Waals surface area contributed by atoms with Crippen LogP contribution in [0.15, 0.2) is 15.7 Å². The molecule has 2 heterocycles. The SMILES string of the molecule is Cc1[nH][nH]c(=O)c1-n1[nH]c(C(=O)O)cc1=O. The number of aryl methyl sites for hydroxylation is 1. The van der Waals surface area contributed by atoms with Gasteiger partial charge in [-0.3, -0.25) is 19.8 Å². The maximum atomic E-state index is 11.4. The number of carbonyl (C=O) groups is 1. The van der Waals surface area contributed by atoms with E-state index in [1.165, 1.54) is 0 Å². The van der Waals surface area contributed by atoms with Crippen molar-refractivity contribution in [1.82, 2.24) is 20.0 Å². The lowest BCUT2D eigenvalue weighted by Gasteiger charge is -1.96. The number of rotatable bonds is 2. The summed E-state index contributed by atoms with van der Waals surface area (Å²) in [5.41, 5.74) is -0.891. The van der Waals surface area contributed by atoms with Crippen LogP contribution in [0.25, 0.3) is 5.69 Å². The fraction of sp³-hybridized carbons (Fsp3) is 0.125. The molecule has 2 aromatic rings. The first-order chi connectivity index (χ1) is 7.50. The van der Waals surface area contributed by atoms with Crippen LogP contribution in [-0.4, -0.2) is 31.1 Å². The zero-order valence-electron chi connectivity index (χ0n) is 8.20. The topological polar surface area (TPSA) is 124 Å². The average Bonchev–Trinajstić information content (AvgIpc) is 2.71. The maximum Gasteiger partial charge on any atom is 0.353 e. The summed E-state index contributed by atoms with van der Waals surface area (Å²) >= 11 is 0. The summed E-state index contributed by atoms with van der Waals surface area (Å²) in [6.45, 7) is 1.58. The molecule has 8 heteroatoms. The van der Waals surface area contributed by atoms with Crippen LogP contribution in [-0.2, 0) is 0 Å². The fourth-order valence-corrected chi connectivity index (χ4v) is 1.38. The molecule has 0 aliphatic heterocycles. The second-order valence-corrected chi connectivity index (χ2v) is 3.20. The summed E-state index contributed by atoms with van der Waals surface area (Å²) in [5, 5.41) is 15.8. The first-order valence-electron chi connectivity index (χ1n) is 4.33. The highest BCUT2D eigenvalue weighted by molar-refractivity contribution is 5.85. The number of H-pyrrole nitrogens is 3. The zero-order chi connectivity index (χ0) is 11.9. The van der Waals surface area contributed by atoms with Gasteiger partial charge in [-0.2, -0.15) is 0 Å². The lowest BCUT2D eigenvalue weighted by molar-refractivity contribution is 0.0690. The Labute approximate surface area is 87.5 Å². The minimum absolute atomic E-state index is 0.0532. The molecule has 0 saturated carbocycles. The standard InChI is InChI=1S/C8H8N4O4/c1-3-6(7(14)10-9-3)12-5(13)2-4(11-12)8(15)16/h2,11H,1H3,(H,15,16)(H2,9,10,14). The highest BCUT2D eigenvalue weighted by Crippen LogP contribution is 2.01. The highest BCUT2D eigenvalue weighted by atomic mass is 16.4. The Morgan fingerprint density at radius 2 is 2.06 bits per heavy atom. The van der Waals surface area contributed by atoms with Crippen LogP contribution in [0, 0.1) is 6.92 Å². The normalized spacial score (nSPS) is 10.6. The molecule has 0 atom stereocenters. The Morgan fingerprint density at radius 3 is 2.50 bits per heavy atom. The molecule has 2 rings (SSSR count). The molecule has 0 fully saturated rings. The summed E-state index contributed by atoms with van der Waals surface area (Å²) in [4.78, 5) is 33.4. The average molecular weight is 224 g/mol. The number of carboxylic acid groups (broad SMARTS) is 1. The number of hydrogen-bond acceptors (Lipinski definition) is 3. The molecule has 0 aliphatic rings. The highest BCUT2D eigenvalue weighted by Gasteiger charge is 2.15. The number of nitrogens with zero attached hydrogens (tertiary/aromatic N) is 1. The summed E-state index contributed by atoms with van der Waals surface area (Å²) in [7, 11) is 0. The van der Waals surface area contributed by atoms with Gasteiger partial charge in [0, 0.05) is 6.07 Å². The van der Waals surface area contributed by atoms with Gasteiger partial charge in [-0.1, -0.05) is 0 Å². The van der Waals surface area contributed by atoms with Crippen molar-refractivity contribution in [2.75, 3.05) is 0 Å². The maximum absolute atomic E-state index is 11.4. The van der Waals surface area contributed by atoms with E-state index in [-0.39, 0.29) is 11.4 Å². The third-order valence-electron chi connectivity index (χ3n) is 2.11. The lowest BCUT2D eigenvalue weighted by atomic mass is 10.4. The molecule has 16 heavy (non-hydrogen) atoms. The monoisotopic (exact) mass is 224 g/mol. The van der Waals surface area contributed by atoms with Crippen LogP contribution in [0.1, 0.15) is 16.2 Å². The summed E-state index contributed by atoms with van der Waals surface area (Å²) in [6.07, 6.45) is 0. The van der Waals surface area contributed by atoms with E-state index in [4.69, 9.17) is 5.11 Å². The Kier molecular flexibility index (Phi) is 2.04. The number of nitrogens with one attached hydrogen (secondary N) is 3. The number of carboxylic acids is 1. The number of aromatic amines is 3.